The normalized spacial score (nSPS) is 15.4. The molecule has 1 aromatic rings. The smallest absolute Gasteiger partial charge is 0.149 e. The van der Waals surface area contributed by atoms with Crippen molar-refractivity contribution in [1.29, 1.82) is 5.26 Å². The molecule has 2 N–H and O–H groups in total. The lowest BCUT2D eigenvalue weighted by molar-refractivity contribution is 1.10. The van der Waals surface area contributed by atoms with Crippen molar-refractivity contribution in [2.45, 2.75) is 18.8 Å². The maximum atomic E-state index is 8.72. The van der Waals surface area contributed by atoms with E-state index in [4.69, 9.17) is 22.6 Å². The molecule has 1 heterocycles. The predicted molar refractivity (Wildman–Crippen MR) is 50.3 cm³/mol. The molecule has 1 saturated carbocycles. The number of nitrogens with zero attached hydrogens (tertiary/aromatic N) is 2. The van der Waals surface area contributed by atoms with Gasteiger partial charge in [0.2, 0.25) is 0 Å². The summed E-state index contributed by atoms with van der Waals surface area (Å²) in [5, 5.41) is 8.92. The van der Waals surface area contributed by atoms with Crippen LogP contribution in [0.25, 0.3) is 0 Å². The summed E-state index contributed by atoms with van der Waals surface area (Å²) in [5.74, 6) is 0.961. The van der Waals surface area contributed by atoms with Gasteiger partial charge in [0.1, 0.15) is 17.0 Å². The van der Waals surface area contributed by atoms with Gasteiger partial charge in [0.25, 0.3) is 0 Å². The number of nitriles is 1. The van der Waals surface area contributed by atoms with Gasteiger partial charge in [-0.3, -0.25) is 0 Å². The van der Waals surface area contributed by atoms with Crippen molar-refractivity contribution in [3.63, 3.8) is 0 Å². The van der Waals surface area contributed by atoms with Crippen LogP contribution in [0.15, 0.2) is 6.07 Å². The molecule has 0 unspecified atom stereocenters. The molecule has 1 aliphatic rings. The van der Waals surface area contributed by atoms with Gasteiger partial charge in [-0.25, -0.2) is 4.98 Å². The number of halogens is 1. The van der Waals surface area contributed by atoms with E-state index in [1.165, 1.54) is 0 Å². The highest BCUT2D eigenvalue weighted by Crippen LogP contribution is 2.42. The van der Waals surface area contributed by atoms with Crippen LogP contribution in [0.5, 0.6) is 0 Å². The van der Waals surface area contributed by atoms with E-state index in [0.29, 0.717) is 17.3 Å². The Labute approximate surface area is 81.1 Å². The summed E-state index contributed by atoms with van der Waals surface area (Å²) in [6.45, 7) is 0. The Balaban J connectivity index is 2.52. The van der Waals surface area contributed by atoms with Crippen molar-refractivity contribution >= 4 is 17.4 Å². The zero-order valence-corrected chi connectivity index (χ0v) is 7.67. The molecule has 0 saturated heterocycles. The summed E-state index contributed by atoms with van der Waals surface area (Å²) in [6, 6.07) is 3.75. The highest BCUT2D eigenvalue weighted by molar-refractivity contribution is 6.30. The quantitative estimate of drug-likeness (QED) is 0.695. The summed E-state index contributed by atoms with van der Waals surface area (Å²) < 4.78 is 0. The molecule has 2 rings (SSSR count). The minimum absolute atomic E-state index is 0.199. The van der Waals surface area contributed by atoms with Crippen LogP contribution in [0, 0.1) is 11.3 Å². The van der Waals surface area contributed by atoms with E-state index in [1.807, 2.05) is 6.07 Å². The molecular formula is C9H8ClN3. The van der Waals surface area contributed by atoms with Crippen LogP contribution in [0.4, 0.5) is 5.82 Å². The highest BCUT2D eigenvalue weighted by Gasteiger charge is 2.27. The minimum atomic E-state index is 0.199. The molecule has 0 aromatic carbocycles. The number of nitrogen functional groups attached to an aromatic ring is 1. The van der Waals surface area contributed by atoms with Crippen molar-refractivity contribution in [1.82, 2.24) is 4.98 Å². The van der Waals surface area contributed by atoms with Crippen molar-refractivity contribution in [2.75, 3.05) is 5.73 Å². The van der Waals surface area contributed by atoms with Crippen LogP contribution in [-0.4, -0.2) is 4.98 Å². The molecule has 0 spiro atoms. The maximum absolute atomic E-state index is 8.72. The second kappa shape index (κ2) is 2.90. The number of anilines is 1. The van der Waals surface area contributed by atoms with E-state index in [2.05, 4.69) is 4.98 Å². The molecule has 0 atom stereocenters. The lowest BCUT2D eigenvalue weighted by Gasteiger charge is -2.03. The van der Waals surface area contributed by atoms with Gasteiger partial charge in [-0.2, -0.15) is 5.26 Å². The first-order chi connectivity index (χ1) is 6.22. The first-order valence-corrected chi connectivity index (χ1v) is 4.46. The average Bonchev–Trinajstić information content (AvgIpc) is 2.88. The molecule has 0 amide bonds. The Morgan fingerprint density at radius 2 is 2.31 bits per heavy atom. The predicted octanol–water partition coefficient (Wildman–Crippen LogP) is 2.07. The average molecular weight is 194 g/mol. The van der Waals surface area contributed by atoms with Gasteiger partial charge in [0.15, 0.2) is 0 Å². The third-order valence-electron chi connectivity index (χ3n) is 2.17. The zero-order chi connectivity index (χ0) is 9.42. The van der Waals surface area contributed by atoms with Crippen LogP contribution in [0.2, 0.25) is 5.15 Å². The molecule has 3 nitrogen and oxygen atoms in total. The molecule has 4 heteroatoms. The fraction of sp³-hybridized carbons (Fsp3) is 0.333. The molecule has 1 aliphatic carbocycles. The van der Waals surface area contributed by atoms with E-state index in [9.17, 15) is 0 Å². The van der Waals surface area contributed by atoms with Gasteiger partial charge in [0, 0.05) is 0 Å². The van der Waals surface area contributed by atoms with Gasteiger partial charge >= 0.3 is 0 Å². The van der Waals surface area contributed by atoms with E-state index in [1.54, 1.807) is 6.07 Å². The number of aromatic nitrogens is 1. The topological polar surface area (TPSA) is 62.7 Å². The summed E-state index contributed by atoms with van der Waals surface area (Å²) in [5.41, 5.74) is 7.07. The zero-order valence-electron chi connectivity index (χ0n) is 6.92. The van der Waals surface area contributed by atoms with E-state index < -0.39 is 0 Å². The Morgan fingerprint density at radius 3 is 2.85 bits per heavy atom. The molecule has 13 heavy (non-hydrogen) atoms. The van der Waals surface area contributed by atoms with E-state index in [0.717, 1.165) is 18.4 Å². The third-order valence-corrected chi connectivity index (χ3v) is 2.46. The molecule has 1 fully saturated rings. The highest BCUT2D eigenvalue weighted by atomic mass is 35.5. The fourth-order valence-corrected chi connectivity index (χ4v) is 1.51. The summed E-state index contributed by atoms with van der Waals surface area (Å²) in [7, 11) is 0. The first kappa shape index (κ1) is 8.33. The third kappa shape index (κ3) is 1.45. The van der Waals surface area contributed by atoms with Gasteiger partial charge < -0.3 is 5.73 Å². The molecule has 0 radical (unpaired) electrons. The van der Waals surface area contributed by atoms with Crippen LogP contribution in [-0.2, 0) is 0 Å². The Bertz CT molecular complexity index is 391. The number of hydrogen-bond acceptors (Lipinski definition) is 3. The first-order valence-electron chi connectivity index (χ1n) is 4.08. The summed E-state index contributed by atoms with van der Waals surface area (Å²) in [4.78, 5) is 3.93. The Kier molecular flexibility index (Phi) is 1.86. The van der Waals surface area contributed by atoms with Crippen LogP contribution in [0.1, 0.15) is 29.9 Å². The standard InChI is InChI=1S/C9H8ClN3/c10-8-6(4-11)3-7(5-1-2-5)9(12)13-8/h3,5H,1-2H2,(H2,12,13). The largest absolute Gasteiger partial charge is 0.383 e. The second-order valence-electron chi connectivity index (χ2n) is 3.19. The lowest BCUT2D eigenvalue weighted by Crippen LogP contribution is -1.98. The molecule has 1 aromatic heterocycles. The SMILES string of the molecule is N#Cc1cc(C2CC2)c(N)nc1Cl. The van der Waals surface area contributed by atoms with Gasteiger partial charge in [-0.1, -0.05) is 11.6 Å². The molecular weight excluding hydrogens is 186 g/mol. The van der Waals surface area contributed by atoms with Crippen LogP contribution < -0.4 is 5.73 Å². The number of rotatable bonds is 1. The van der Waals surface area contributed by atoms with Crippen LogP contribution in [0.3, 0.4) is 0 Å². The molecule has 0 bridgehead atoms. The van der Waals surface area contributed by atoms with Gasteiger partial charge in [0.05, 0.1) is 5.56 Å². The van der Waals surface area contributed by atoms with Crippen LogP contribution >= 0.6 is 11.6 Å². The maximum Gasteiger partial charge on any atom is 0.149 e. The summed E-state index contributed by atoms with van der Waals surface area (Å²) >= 11 is 5.71. The van der Waals surface area contributed by atoms with E-state index in [-0.39, 0.29) is 5.15 Å². The van der Waals surface area contributed by atoms with Gasteiger partial charge in [-0.05, 0) is 30.4 Å². The van der Waals surface area contributed by atoms with Crippen molar-refractivity contribution < 1.29 is 0 Å². The van der Waals surface area contributed by atoms with Crippen molar-refractivity contribution in [3.05, 3.63) is 22.3 Å². The second-order valence-corrected chi connectivity index (χ2v) is 3.55. The van der Waals surface area contributed by atoms with Crippen molar-refractivity contribution in [3.8, 4) is 6.07 Å². The molecule has 66 valence electrons. The number of pyridine rings is 1. The van der Waals surface area contributed by atoms with E-state index >= 15 is 0 Å². The lowest BCUT2D eigenvalue weighted by atomic mass is 10.1. The monoisotopic (exact) mass is 193 g/mol. The number of hydrogen-bond donors (Lipinski definition) is 1. The number of nitrogens with two attached hydrogens (primary N) is 1. The Hall–Kier alpha value is -1.27. The summed E-state index contributed by atoms with van der Waals surface area (Å²) in [6.07, 6.45) is 2.27. The Morgan fingerprint density at radius 1 is 1.62 bits per heavy atom. The fourth-order valence-electron chi connectivity index (χ4n) is 1.32. The molecule has 0 aliphatic heterocycles. The minimum Gasteiger partial charge on any atom is -0.383 e. The van der Waals surface area contributed by atoms with Crippen molar-refractivity contribution in [2.24, 2.45) is 0 Å². The van der Waals surface area contributed by atoms with Gasteiger partial charge in [-0.15, -0.1) is 0 Å².